The summed E-state index contributed by atoms with van der Waals surface area (Å²) in [4.78, 5) is 0. The molecule has 0 radical (unpaired) electrons. The quantitative estimate of drug-likeness (QED) is 0.237. The molecule has 0 amide bonds. The second-order valence-corrected chi connectivity index (χ2v) is 8.78. The van der Waals surface area contributed by atoms with E-state index in [1.54, 1.807) is 26.4 Å². The maximum Gasteiger partial charge on any atom is 0.231 e. The van der Waals surface area contributed by atoms with Crippen molar-refractivity contribution in [3.63, 3.8) is 0 Å². The van der Waals surface area contributed by atoms with E-state index in [4.69, 9.17) is 42.1 Å². The highest BCUT2D eigenvalue weighted by Gasteiger charge is 2.28. The van der Waals surface area contributed by atoms with Gasteiger partial charge in [-0.25, -0.2) is 4.39 Å². The Labute approximate surface area is 212 Å². The summed E-state index contributed by atoms with van der Waals surface area (Å²) in [5.41, 5.74) is 4.04. The van der Waals surface area contributed by atoms with Gasteiger partial charge in [-0.1, -0.05) is 17.7 Å². The number of halogens is 3. The molecule has 180 valence electrons. The van der Waals surface area contributed by atoms with Crippen molar-refractivity contribution in [2.75, 3.05) is 21.0 Å². The number of hydrogen-bond donors (Lipinski definition) is 0. The van der Waals surface area contributed by atoms with Gasteiger partial charge in [0.05, 0.1) is 31.0 Å². The molecule has 0 bridgehead atoms. The fourth-order valence-corrected chi connectivity index (χ4v) is 5.00. The standard InChI is InChI=1S/C20H18NO4.C7H5Cl2F/c1-22-17-4-3-12-7-16-14-9-19-18(24-11-25-19)8-13(14)5-6-21(16)10-15(12)20(17)23-2;8-4-5-6(9)2-1-3-7(5)10/h3-4,7-10H,5-6,11H2,1-2H3;1-3H,4H2/q+1;. The van der Waals surface area contributed by atoms with Crippen LogP contribution in [0.5, 0.6) is 23.0 Å². The van der Waals surface area contributed by atoms with Crippen molar-refractivity contribution in [2.45, 2.75) is 18.8 Å². The van der Waals surface area contributed by atoms with E-state index in [9.17, 15) is 4.39 Å². The third-order valence-corrected chi connectivity index (χ3v) is 6.82. The fourth-order valence-electron chi connectivity index (χ4n) is 4.43. The maximum absolute atomic E-state index is 12.7. The third kappa shape index (κ3) is 4.32. The Morgan fingerprint density at radius 2 is 1.83 bits per heavy atom. The van der Waals surface area contributed by atoms with Crippen LogP contribution in [-0.4, -0.2) is 21.0 Å². The summed E-state index contributed by atoms with van der Waals surface area (Å²) in [5, 5.41) is 2.55. The van der Waals surface area contributed by atoms with Crippen LogP contribution in [0.2, 0.25) is 5.02 Å². The minimum absolute atomic E-state index is 0.117. The lowest BCUT2D eigenvalue weighted by molar-refractivity contribution is -0.686. The number of aromatic nitrogens is 1. The Morgan fingerprint density at radius 3 is 2.51 bits per heavy atom. The number of hydrogen-bond acceptors (Lipinski definition) is 4. The second-order valence-electron chi connectivity index (χ2n) is 8.10. The number of fused-ring (bicyclic) bond motifs is 5. The highest BCUT2D eigenvalue weighted by molar-refractivity contribution is 6.32. The van der Waals surface area contributed by atoms with Crippen LogP contribution >= 0.6 is 23.2 Å². The van der Waals surface area contributed by atoms with Crippen molar-refractivity contribution in [1.29, 1.82) is 0 Å². The highest BCUT2D eigenvalue weighted by Crippen LogP contribution is 2.41. The summed E-state index contributed by atoms with van der Waals surface area (Å²) in [6.07, 6.45) is 3.11. The molecule has 8 heteroatoms. The number of nitrogens with zero attached hydrogens (tertiary/aromatic N) is 1. The van der Waals surface area contributed by atoms with Crippen molar-refractivity contribution < 1.29 is 27.9 Å². The molecule has 0 saturated carbocycles. The molecule has 0 fully saturated rings. The number of aryl methyl sites for hydroxylation is 2. The lowest BCUT2D eigenvalue weighted by Crippen LogP contribution is -2.40. The molecule has 0 unspecified atom stereocenters. The van der Waals surface area contributed by atoms with Crippen LogP contribution in [0.25, 0.3) is 22.0 Å². The molecule has 5 nitrogen and oxygen atoms in total. The van der Waals surface area contributed by atoms with Gasteiger partial charge in [0.25, 0.3) is 0 Å². The molecule has 2 aliphatic heterocycles. The van der Waals surface area contributed by atoms with Gasteiger partial charge in [0.1, 0.15) is 5.82 Å². The Balaban J connectivity index is 0.000000214. The van der Waals surface area contributed by atoms with E-state index < -0.39 is 0 Å². The average Bonchev–Trinajstić information content (AvgIpc) is 3.33. The topological polar surface area (TPSA) is 40.8 Å². The number of rotatable bonds is 3. The lowest BCUT2D eigenvalue weighted by atomic mass is 9.95. The SMILES string of the molecule is COc1ccc2cc3[n+](cc2c1OC)CCc1cc2c(cc1-3)OCO2.Fc1cccc(Cl)c1CCl. The van der Waals surface area contributed by atoms with Crippen LogP contribution in [0.15, 0.2) is 54.7 Å². The molecule has 0 spiro atoms. The van der Waals surface area contributed by atoms with Gasteiger partial charge < -0.3 is 18.9 Å². The molecule has 3 heterocycles. The van der Waals surface area contributed by atoms with Crippen LogP contribution in [0, 0.1) is 5.82 Å². The summed E-state index contributed by atoms with van der Waals surface area (Å²) in [6.45, 7) is 1.21. The summed E-state index contributed by atoms with van der Waals surface area (Å²) in [6, 6.07) is 14.9. The zero-order valence-electron chi connectivity index (χ0n) is 19.2. The van der Waals surface area contributed by atoms with Crippen LogP contribution < -0.4 is 23.5 Å². The number of ether oxygens (including phenoxy) is 4. The van der Waals surface area contributed by atoms with Crippen molar-refractivity contribution in [1.82, 2.24) is 0 Å². The molecule has 3 aromatic carbocycles. The molecule has 0 atom stereocenters. The molecule has 6 rings (SSSR count). The van der Waals surface area contributed by atoms with E-state index >= 15 is 0 Å². The first kappa shape index (κ1) is 23.5. The van der Waals surface area contributed by atoms with Gasteiger partial charge in [0, 0.05) is 23.1 Å². The molecule has 0 N–H and O–H groups in total. The number of pyridine rings is 1. The zero-order chi connectivity index (χ0) is 24.5. The van der Waals surface area contributed by atoms with Crippen molar-refractivity contribution >= 4 is 34.0 Å². The predicted octanol–water partition coefficient (Wildman–Crippen LogP) is 6.31. The van der Waals surface area contributed by atoms with Crippen molar-refractivity contribution in [2.24, 2.45) is 0 Å². The number of alkyl halides is 1. The zero-order valence-corrected chi connectivity index (χ0v) is 20.8. The first-order valence-corrected chi connectivity index (χ1v) is 11.9. The molecule has 35 heavy (non-hydrogen) atoms. The van der Waals surface area contributed by atoms with E-state index in [0.717, 1.165) is 46.7 Å². The molecule has 2 aliphatic rings. The Kier molecular flexibility index (Phi) is 6.58. The molecule has 1 aromatic heterocycles. The Bertz CT molecular complexity index is 1410. The van der Waals surface area contributed by atoms with E-state index in [0.29, 0.717) is 17.4 Å². The monoisotopic (exact) mass is 514 g/mol. The number of benzene rings is 3. The van der Waals surface area contributed by atoms with Gasteiger partial charge in [-0.15, -0.1) is 11.6 Å². The van der Waals surface area contributed by atoms with Crippen molar-refractivity contribution in [3.8, 4) is 34.3 Å². The summed E-state index contributed by atoms with van der Waals surface area (Å²) < 4.78 is 37.1. The molecule has 0 saturated heterocycles. The Morgan fingerprint density at radius 1 is 1.03 bits per heavy atom. The maximum atomic E-state index is 12.7. The molecule has 0 aliphatic carbocycles. The largest absolute Gasteiger partial charge is 0.493 e. The van der Waals surface area contributed by atoms with Crippen LogP contribution in [-0.2, 0) is 18.8 Å². The van der Waals surface area contributed by atoms with E-state index in [2.05, 4.69) is 35.0 Å². The second kappa shape index (κ2) is 9.80. The van der Waals surface area contributed by atoms with Crippen molar-refractivity contribution in [3.05, 3.63) is 76.7 Å². The van der Waals surface area contributed by atoms with E-state index in [-0.39, 0.29) is 11.7 Å². The van der Waals surface area contributed by atoms with Gasteiger partial charge in [0.15, 0.2) is 35.7 Å². The smallest absolute Gasteiger partial charge is 0.231 e. The van der Waals surface area contributed by atoms with Gasteiger partial charge in [-0.2, -0.15) is 4.57 Å². The van der Waals surface area contributed by atoms with Crippen LogP contribution in [0.1, 0.15) is 11.1 Å². The third-order valence-electron chi connectivity index (χ3n) is 6.20. The van der Waals surface area contributed by atoms with Crippen LogP contribution in [0.3, 0.4) is 0 Å². The number of methoxy groups -OCH3 is 2. The highest BCUT2D eigenvalue weighted by atomic mass is 35.5. The minimum Gasteiger partial charge on any atom is -0.493 e. The van der Waals surface area contributed by atoms with Gasteiger partial charge >= 0.3 is 0 Å². The first-order chi connectivity index (χ1) is 17.0. The fraction of sp³-hybridized carbons (Fsp3) is 0.222. The molecular formula is C27H23Cl2FNO4+. The molecule has 4 aromatic rings. The normalized spacial score (nSPS) is 12.9. The Hall–Kier alpha value is -3.22. The van der Waals surface area contributed by atoms with Crippen LogP contribution in [0.4, 0.5) is 4.39 Å². The summed E-state index contributed by atoms with van der Waals surface area (Å²) in [7, 11) is 3.34. The molecular weight excluding hydrogens is 492 g/mol. The summed E-state index contributed by atoms with van der Waals surface area (Å²) >= 11 is 11.0. The van der Waals surface area contributed by atoms with Gasteiger partial charge in [0.2, 0.25) is 12.5 Å². The minimum atomic E-state index is -0.345. The average molecular weight is 515 g/mol. The van der Waals surface area contributed by atoms with E-state index in [1.165, 1.54) is 22.9 Å². The first-order valence-electron chi connectivity index (χ1n) is 11.0. The van der Waals surface area contributed by atoms with E-state index in [1.807, 2.05) is 6.07 Å². The van der Waals surface area contributed by atoms with Gasteiger partial charge in [-0.05, 0) is 47.3 Å². The van der Waals surface area contributed by atoms with Gasteiger partial charge in [-0.3, -0.25) is 0 Å². The summed E-state index contributed by atoms with van der Waals surface area (Å²) in [5.74, 6) is 2.95. The lowest BCUT2D eigenvalue weighted by Gasteiger charge is -2.17. The predicted molar refractivity (Wildman–Crippen MR) is 133 cm³/mol.